The lowest BCUT2D eigenvalue weighted by atomic mass is 10.1. The van der Waals surface area contributed by atoms with Crippen LogP contribution >= 0.6 is 11.8 Å². The number of carbonyl (C=O) groups excluding carboxylic acids is 2. The minimum Gasteiger partial charge on any atom is -0.368 e. The van der Waals surface area contributed by atoms with Gasteiger partial charge >= 0.3 is 0 Å². The quantitative estimate of drug-likeness (QED) is 0.553. The standard InChI is InChI=1S/C11H23N3O2S/c1-3-4-5-8(12)11(16)14-9(10(13)15)6-7-17-2/h8-9H,3-7,12H2,1-2H3,(H2,13,15)(H,14,16). The molecule has 5 N–H and O–H groups in total. The third-order valence-corrected chi connectivity index (χ3v) is 3.12. The number of primary amides is 1. The Morgan fingerprint density at radius 2 is 2.00 bits per heavy atom. The van der Waals surface area contributed by atoms with Crippen LogP contribution in [0.1, 0.15) is 32.6 Å². The zero-order chi connectivity index (χ0) is 13.3. The summed E-state index contributed by atoms with van der Waals surface area (Å²) < 4.78 is 0. The molecule has 0 spiro atoms. The van der Waals surface area contributed by atoms with Gasteiger partial charge in [-0.3, -0.25) is 9.59 Å². The second-order valence-corrected chi connectivity index (χ2v) is 4.98. The van der Waals surface area contributed by atoms with Crippen molar-refractivity contribution in [1.29, 1.82) is 0 Å². The maximum Gasteiger partial charge on any atom is 0.240 e. The minimum atomic E-state index is -0.609. The summed E-state index contributed by atoms with van der Waals surface area (Å²) in [6.07, 6.45) is 5.01. The molecule has 0 aliphatic carbocycles. The van der Waals surface area contributed by atoms with Crippen LogP contribution in [0.4, 0.5) is 0 Å². The van der Waals surface area contributed by atoms with E-state index in [2.05, 4.69) is 5.32 Å². The van der Waals surface area contributed by atoms with Crippen LogP contribution in [0.15, 0.2) is 0 Å². The first kappa shape index (κ1) is 16.2. The molecule has 100 valence electrons. The zero-order valence-electron chi connectivity index (χ0n) is 10.6. The summed E-state index contributed by atoms with van der Waals surface area (Å²) in [5.41, 5.74) is 10.9. The molecule has 2 amide bonds. The molecule has 0 aliphatic heterocycles. The van der Waals surface area contributed by atoms with Gasteiger partial charge in [-0.05, 0) is 24.9 Å². The monoisotopic (exact) mass is 261 g/mol. The number of hydrogen-bond acceptors (Lipinski definition) is 4. The summed E-state index contributed by atoms with van der Waals surface area (Å²) in [7, 11) is 0. The summed E-state index contributed by atoms with van der Waals surface area (Å²) in [6, 6.07) is -1.16. The van der Waals surface area contributed by atoms with Gasteiger partial charge in [-0.1, -0.05) is 19.8 Å². The van der Waals surface area contributed by atoms with E-state index in [4.69, 9.17) is 11.5 Å². The van der Waals surface area contributed by atoms with Gasteiger partial charge in [0.25, 0.3) is 0 Å². The molecule has 0 saturated carbocycles. The van der Waals surface area contributed by atoms with Crippen molar-refractivity contribution in [1.82, 2.24) is 5.32 Å². The van der Waals surface area contributed by atoms with Gasteiger partial charge in [0.15, 0.2) is 0 Å². The van der Waals surface area contributed by atoms with E-state index < -0.39 is 18.0 Å². The number of rotatable bonds is 9. The van der Waals surface area contributed by atoms with Crippen molar-refractivity contribution in [2.24, 2.45) is 11.5 Å². The smallest absolute Gasteiger partial charge is 0.240 e. The Kier molecular flexibility index (Phi) is 8.89. The van der Waals surface area contributed by atoms with Crippen LogP contribution in [0.2, 0.25) is 0 Å². The maximum absolute atomic E-state index is 11.7. The Morgan fingerprint density at radius 3 is 2.47 bits per heavy atom. The third kappa shape index (κ3) is 7.23. The van der Waals surface area contributed by atoms with E-state index in [9.17, 15) is 9.59 Å². The van der Waals surface area contributed by atoms with E-state index in [1.165, 1.54) is 0 Å². The van der Waals surface area contributed by atoms with Crippen molar-refractivity contribution < 1.29 is 9.59 Å². The average Bonchev–Trinajstić information content (AvgIpc) is 2.30. The number of hydrogen-bond donors (Lipinski definition) is 3. The van der Waals surface area contributed by atoms with E-state index in [0.29, 0.717) is 12.8 Å². The van der Waals surface area contributed by atoms with Crippen LogP contribution in [0.25, 0.3) is 0 Å². The summed E-state index contributed by atoms with van der Waals surface area (Å²) in [5.74, 6) is -0.0172. The van der Waals surface area contributed by atoms with Crippen molar-refractivity contribution in [3.63, 3.8) is 0 Å². The van der Waals surface area contributed by atoms with E-state index >= 15 is 0 Å². The lowest BCUT2D eigenvalue weighted by Gasteiger charge is -2.18. The van der Waals surface area contributed by atoms with Crippen LogP contribution < -0.4 is 16.8 Å². The molecule has 17 heavy (non-hydrogen) atoms. The van der Waals surface area contributed by atoms with Gasteiger partial charge in [-0.2, -0.15) is 11.8 Å². The zero-order valence-corrected chi connectivity index (χ0v) is 11.4. The van der Waals surface area contributed by atoms with Crippen LogP contribution in [0, 0.1) is 0 Å². The first-order valence-corrected chi connectivity index (χ1v) is 7.26. The number of thioether (sulfide) groups is 1. The molecule has 0 fully saturated rings. The molecule has 0 aromatic heterocycles. The molecule has 6 heteroatoms. The molecular formula is C11H23N3O2S. The van der Waals surface area contributed by atoms with Crippen LogP contribution in [-0.4, -0.2) is 35.9 Å². The average molecular weight is 261 g/mol. The lowest BCUT2D eigenvalue weighted by molar-refractivity contribution is -0.128. The van der Waals surface area contributed by atoms with Gasteiger partial charge in [0.2, 0.25) is 11.8 Å². The minimum absolute atomic E-state index is 0.289. The first-order chi connectivity index (χ1) is 8.02. The van der Waals surface area contributed by atoms with Crippen molar-refractivity contribution in [2.75, 3.05) is 12.0 Å². The molecule has 2 atom stereocenters. The summed E-state index contributed by atoms with van der Waals surface area (Å²) >= 11 is 1.61. The summed E-state index contributed by atoms with van der Waals surface area (Å²) in [5, 5.41) is 2.61. The van der Waals surface area contributed by atoms with Gasteiger partial charge in [0, 0.05) is 0 Å². The van der Waals surface area contributed by atoms with Crippen molar-refractivity contribution >= 4 is 23.6 Å². The second-order valence-electron chi connectivity index (χ2n) is 3.99. The summed E-state index contributed by atoms with van der Waals surface area (Å²) in [6.45, 7) is 2.04. The SMILES string of the molecule is CCCCC(N)C(=O)NC(CCSC)C(N)=O. The summed E-state index contributed by atoms with van der Waals surface area (Å²) in [4.78, 5) is 22.8. The number of nitrogens with two attached hydrogens (primary N) is 2. The predicted molar refractivity (Wildman–Crippen MR) is 71.6 cm³/mol. The third-order valence-electron chi connectivity index (χ3n) is 2.48. The molecular weight excluding hydrogens is 238 g/mol. The largest absolute Gasteiger partial charge is 0.368 e. The van der Waals surface area contributed by atoms with E-state index in [-0.39, 0.29) is 5.91 Å². The Labute approximate surface area is 107 Å². The van der Waals surface area contributed by atoms with Gasteiger partial charge in [-0.25, -0.2) is 0 Å². The van der Waals surface area contributed by atoms with Crippen molar-refractivity contribution in [3.8, 4) is 0 Å². The molecule has 0 rings (SSSR count). The van der Waals surface area contributed by atoms with E-state index in [1.807, 2.05) is 13.2 Å². The van der Waals surface area contributed by atoms with Gasteiger partial charge in [-0.15, -0.1) is 0 Å². The molecule has 0 heterocycles. The van der Waals surface area contributed by atoms with E-state index in [1.54, 1.807) is 11.8 Å². The molecule has 0 aromatic carbocycles. The Hall–Kier alpha value is -0.750. The number of nitrogens with one attached hydrogen (secondary N) is 1. The molecule has 0 aromatic rings. The Bertz CT molecular complexity index is 249. The highest BCUT2D eigenvalue weighted by molar-refractivity contribution is 7.98. The van der Waals surface area contributed by atoms with Crippen LogP contribution in [-0.2, 0) is 9.59 Å². The fourth-order valence-corrected chi connectivity index (χ4v) is 1.83. The van der Waals surface area contributed by atoms with E-state index in [0.717, 1.165) is 18.6 Å². The van der Waals surface area contributed by atoms with Gasteiger partial charge in [0.05, 0.1) is 6.04 Å². The van der Waals surface area contributed by atoms with Crippen LogP contribution in [0.5, 0.6) is 0 Å². The normalized spacial score (nSPS) is 14.1. The first-order valence-electron chi connectivity index (χ1n) is 5.87. The van der Waals surface area contributed by atoms with Gasteiger partial charge < -0.3 is 16.8 Å². The number of amides is 2. The maximum atomic E-state index is 11.7. The highest BCUT2D eigenvalue weighted by Gasteiger charge is 2.20. The molecule has 2 unspecified atom stereocenters. The van der Waals surface area contributed by atoms with Crippen molar-refractivity contribution in [2.45, 2.75) is 44.7 Å². The molecule has 0 saturated heterocycles. The fraction of sp³-hybridized carbons (Fsp3) is 0.818. The number of carbonyl (C=O) groups is 2. The van der Waals surface area contributed by atoms with Crippen molar-refractivity contribution in [3.05, 3.63) is 0 Å². The molecule has 5 nitrogen and oxygen atoms in total. The Balaban J connectivity index is 4.15. The lowest BCUT2D eigenvalue weighted by Crippen LogP contribution is -2.50. The highest BCUT2D eigenvalue weighted by atomic mass is 32.2. The predicted octanol–water partition coefficient (Wildman–Crippen LogP) is 0.227. The second kappa shape index (κ2) is 9.30. The van der Waals surface area contributed by atoms with Gasteiger partial charge in [0.1, 0.15) is 6.04 Å². The Morgan fingerprint density at radius 1 is 1.35 bits per heavy atom. The van der Waals surface area contributed by atoms with Crippen LogP contribution in [0.3, 0.4) is 0 Å². The highest BCUT2D eigenvalue weighted by Crippen LogP contribution is 2.02. The molecule has 0 radical (unpaired) electrons. The molecule has 0 bridgehead atoms. The fourth-order valence-electron chi connectivity index (χ4n) is 1.36. The number of unbranched alkanes of at least 4 members (excludes halogenated alkanes) is 1. The molecule has 0 aliphatic rings. The topological polar surface area (TPSA) is 98.2 Å².